The van der Waals surface area contributed by atoms with E-state index >= 15 is 0 Å². The Morgan fingerprint density at radius 1 is 1.25 bits per heavy atom. The minimum atomic E-state index is -0.283. The van der Waals surface area contributed by atoms with Crippen molar-refractivity contribution < 1.29 is 14.9 Å². The quantitative estimate of drug-likeness (QED) is 0.633. The van der Waals surface area contributed by atoms with Crippen molar-refractivity contribution in [3.05, 3.63) is 29.8 Å². The van der Waals surface area contributed by atoms with Crippen LogP contribution >= 0.6 is 0 Å². The first kappa shape index (κ1) is 13.0. The van der Waals surface area contributed by atoms with E-state index in [1.807, 2.05) is 31.2 Å². The van der Waals surface area contributed by atoms with E-state index in [0.29, 0.717) is 13.2 Å². The third-order valence-electron chi connectivity index (χ3n) is 2.29. The molecule has 0 amide bonds. The molecule has 0 aliphatic carbocycles. The molecule has 3 N–H and O–H groups in total. The minimum Gasteiger partial charge on any atom is -0.494 e. The molecular formula is C12H19NO3. The molecule has 1 rings (SSSR count). The Bertz CT molecular complexity index is 300. The molecule has 1 aromatic rings. The molecule has 0 radical (unpaired) electrons. The molecule has 16 heavy (non-hydrogen) atoms. The van der Waals surface area contributed by atoms with E-state index < -0.39 is 0 Å². The summed E-state index contributed by atoms with van der Waals surface area (Å²) in [6.45, 7) is 2.98. The van der Waals surface area contributed by atoms with Crippen LogP contribution in [0.1, 0.15) is 12.5 Å². The van der Waals surface area contributed by atoms with Gasteiger partial charge in [-0.05, 0) is 13.0 Å². The van der Waals surface area contributed by atoms with Crippen LogP contribution in [0, 0.1) is 0 Å². The van der Waals surface area contributed by atoms with Crippen molar-refractivity contribution in [2.75, 3.05) is 19.8 Å². The third kappa shape index (κ3) is 3.81. The Kier molecular flexibility index (Phi) is 5.85. The van der Waals surface area contributed by atoms with E-state index in [4.69, 9.17) is 14.9 Å². The molecule has 1 aromatic carbocycles. The smallest absolute Gasteiger partial charge is 0.123 e. The molecule has 4 heteroatoms. The number of hydrogen-bond donors (Lipinski definition) is 3. The summed E-state index contributed by atoms with van der Waals surface area (Å²) in [5.41, 5.74) is 1.02. The van der Waals surface area contributed by atoms with E-state index in [-0.39, 0.29) is 19.3 Å². The monoisotopic (exact) mass is 225 g/mol. The predicted octanol–water partition coefficient (Wildman–Crippen LogP) is 0.528. The first-order valence-electron chi connectivity index (χ1n) is 5.47. The maximum Gasteiger partial charge on any atom is 0.123 e. The summed E-state index contributed by atoms with van der Waals surface area (Å²) in [7, 11) is 0. The van der Waals surface area contributed by atoms with Crippen LogP contribution in [0.4, 0.5) is 0 Å². The highest BCUT2D eigenvalue weighted by Gasteiger charge is 2.07. The first-order valence-corrected chi connectivity index (χ1v) is 5.47. The fourth-order valence-corrected chi connectivity index (χ4v) is 1.39. The topological polar surface area (TPSA) is 61.7 Å². The van der Waals surface area contributed by atoms with Crippen molar-refractivity contribution in [3.63, 3.8) is 0 Å². The molecule has 0 aliphatic rings. The molecule has 0 spiro atoms. The van der Waals surface area contributed by atoms with Gasteiger partial charge in [-0.2, -0.15) is 0 Å². The molecule has 0 aromatic heterocycles. The summed E-state index contributed by atoms with van der Waals surface area (Å²) in [5.74, 6) is 0.840. The largest absolute Gasteiger partial charge is 0.494 e. The minimum absolute atomic E-state index is 0.0761. The van der Waals surface area contributed by atoms with Crippen LogP contribution in [-0.4, -0.2) is 36.1 Å². The molecule has 0 saturated carbocycles. The molecule has 0 atom stereocenters. The Hall–Kier alpha value is -1.10. The fraction of sp³-hybridized carbons (Fsp3) is 0.500. The van der Waals surface area contributed by atoms with Crippen molar-refractivity contribution >= 4 is 0 Å². The first-order chi connectivity index (χ1) is 7.81. The summed E-state index contributed by atoms with van der Waals surface area (Å²) in [6, 6.07) is 7.45. The lowest BCUT2D eigenvalue weighted by atomic mass is 10.2. The number of nitrogens with one attached hydrogen (secondary N) is 1. The third-order valence-corrected chi connectivity index (χ3v) is 2.29. The lowest BCUT2D eigenvalue weighted by Gasteiger charge is -2.15. The SMILES string of the molecule is CCOc1ccccc1CNC(CO)CO. The van der Waals surface area contributed by atoms with E-state index in [0.717, 1.165) is 11.3 Å². The number of aliphatic hydroxyl groups excluding tert-OH is 2. The molecule has 0 heterocycles. The summed E-state index contributed by atoms with van der Waals surface area (Å²) >= 11 is 0. The Morgan fingerprint density at radius 2 is 1.94 bits per heavy atom. The van der Waals surface area contributed by atoms with Gasteiger partial charge in [-0.1, -0.05) is 18.2 Å². The molecule has 0 bridgehead atoms. The zero-order valence-electron chi connectivity index (χ0n) is 9.52. The van der Waals surface area contributed by atoms with Gasteiger partial charge in [-0.3, -0.25) is 0 Å². The average molecular weight is 225 g/mol. The molecule has 0 aliphatic heterocycles. The van der Waals surface area contributed by atoms with Crippen LogP contribution < -0.4 is 10.1 Å². The van der Waals surface area contributed by atoms with Gasteiger partial charge in [-0.25, -0.2) is 0 Å². The normalized spacial score (nSPS) is 10.8. The van der Waals surface area contributed by atoms with Crippen molar-refractivity contribution in [2.24, 2.45) is 0 Å². The lowest BCUT2D eigenvalue weighted by molar-refractivity contribution is 0.170. The molecule has 0 saturated heterocycles. The molecular weight excluding hydrogens is 206 g/mol. The highest BCUT2D eigenvalue weighted by atomic mass is 16.5. The number of rotatable bonds is 7. The molecule has 0 unspecified atom stereocenters. The van der Waals surface area contributed by atoms with E-state index in [2.05, 4.69) is 5.32 Å². The van der Waals surface area contributed by atoms with E-state index in [9.17, 15) is 0 Å². The van der Waals surface area contributed by atoms with Gasteiger partial charge in [0.2, 0.25) is 0 Å². The summed E-state index contributed by atoms with van der Waals surface area (Å²) in [4.78, 5) is 0. The summed E-state index contributed by atoms with van der Waals surface area (Å²) < 4.78 is 5.47. The van der Waals surface area contributed by atoms with Gasteiger partial charge in [0.05, 0.1) is 25.9 Å². The van der Waals surface area contributed by atoms with Crippen molar-refractivity contribution in [3.8, 4) is 5.75 Å². The number of aliphatic hydroxyl groups is 2. The van der Waals surface area contributed by atoms with Gasteiger partial charge in [0, 0.05) is 12.1 Å². The van der Waals surface area contributed by atoms with Crippen LogP contribution in [0.5, 0.6) is 5.75 Å². The second-order valence-electron chi connectivity index (χ2n) is 3.48. The van der Waals surface area contributed by atoms with Gasteiger partial charge in [-0.15, -0.1) is 0 Å². The predicted molar refractivity (Wildman–Crippen MR) is 62.4 cm³/mol. The van der Waals surface area contributed by atoms with Crippen molar-refractivity contribution in [1.82, 2.24) is 5.32 Å². The molecule has 4 nitrogen and oxygen atoms in total. The summed E-state index contributed by atoms with van der Waals surface area (Å²) in [6.07, 6.45) is 0. The van der Waals surface area contributed by atoms with Crippen LogP contribution in [-0.2, 0) is 6.54 Å². The zero-order chi connectivity index (χ0) is 11.8. The number of benzene rings is 1. The van der Waals surface area contributed by atoms with Crippen molar-refractivity contribution in [1.29, 1.82) is 0 Å². The molecule has 90 valence electrons. The zero-order valence-corrected chi connectivity index (χ0v) is 9.52. The summed E-state index contributed by atoms with van der Waals surface area (Å²) in [5, 5.41) is 20.9. The van der Waals surface area contributed by atoms with E-state index in [1.165, 1.54) is 0 Å². The second-order valence-corrected chi connectivity index (χ2v) is 3.48. The van der Waals surface area contributed by atoms with Crippen LogP contribution in [0.25, 0.3) is 0 Å². The van der Waals surface area contributed by atoms with Crippen molar-refractivity contribution in [2.45, 2.75) is 19.5 Å². The second kappa shape index (κ2) is 7.22. The van der Waals surface area contributed by atoms with Gasteiger partial charge < -0.3 is 20.3 Å². The maximum absolute atomic E-state index is 8.92. The average Bonchev–Trinajstić information content (AvgIpc) is 2.33. The standard InChI is InChI=1S/C12H19NO3/c1-2-16-12-6-4-3-5-10(12)7-13-11(8-14)9-15/h3-6,11,13-15H,2,7-9H2,1H3. The highest BCUT2D eigenvalue weighted by molar-refractivity contribution is 5.33. The van der Waals surface area contributed by atoms with E-state index in [1.54, 1.807) is 0 Å². The highest BCUT2D eigenvalue weighted by Crippen LogP contribution is 2.17. The Labute approximate surface area is 95.9 Å². The van der Waals surface area contributed by atoms with Crippen LogP contribution in [0.3, 0.4) is 0 Å². The maximum atomic E-state index is 8.92. The Morgan fingerprint density at radius 3 is 2.56 bits per heavy atom. The van der Waals surface area contributed by atoms with Gasteiger partial charge >= 0.3 is 0 Å². The van der Waals surface area contributed by atoms with Gasteiger partial charge in [0.1, 0.15) is 5.75 Å². The number of para-hydroxylation sites is 1. The van der Waals surface area contributed by atoms with Crippen LogP contribution in [0.15, 0.2) is 24.3 Å². The number of ether oxygens (including phenoxy) is 1. The number of hydrogen-bond acceptors (Lipinski definition) is 4. The fourth-order valence-electron chi connectivity index (χ4n) is 1.39. The van der Waals surface area contributed by atoms with Crippen LogP contribution in [0.2, 0.25) is 0 Å². The van der Waals surface area contributed by atoms with Gasteiger partial charge in [0.25, 0.3) is 0 Å². The molecule has 0 fully saturated rings. The Balaban J connectivity index is 2.58. The lowest BCUT2D eigenvalue weighted by Crippen LogP contribution is -2.35. The van der Waals surface area contributed by atoms with Gasteiger partial charge in [0.15, 0.2) is 0 Å².